The van der Waals surface area contributed by atoms with Crippen LogP contribution in [0.15, 0.2) is 42.5 Å². The van der Waals surface area contributed by atoms with Gasteiger partial charge in [0.1, 0.15) is 11.5 Å². The van der Waals surface area contributed by atoms with Crippen LogP contribution >= 0.6 is 12.2 Å². The highest BCUT2D eigenvalue weighted by Gasteiger charge is 2.17. The second-order valence-corrected chi connectivity index (χ2v) is 7.69. The molecule has 0 saturated carbocycles. The van der Waals surface area contributed by atoms with Gasteiger partial charge >= 0.3 is 0 Å². The summed E-state index contributed by atoms with van der Waals surface area (Å²) < 4.78 is 16.5. The summed E-state index contributed by atoms with van der Waals surface area (Å²) in [6, 6.07) is 14.1. The number of methoxy groups -OCH3 is 2. The SMILES string of the molecule is COc1cc(NC(=S)N(CCN2CCOCC2)Cc2ccccc2OC)ccc1C. The molecule has 0 radical (unpaired) electrons. The summed E-state index contributed by atoms with van der Waals surface area (Å²) in [7, 11) is 3.38. The van der Waals surface area contributed by atoms with E-state index < -0.39 is 0 Å². The Bertz CT molecular complexity index is 840. The summed E-state index contributed by atoms with van der Waals surface area (Å²) in [4.78, 5) is 4.60. The molecule has 2 aromatic rings. The fourth-order valence-electron chi connectivity index (χ4n) is 3.48. The molecule has 3 rings (SSSR count). The van der Waals surface area contributed by atoms with Gasteiger partial charge in [0.25, 0.3) is 0 Å². The van der Waals surface area contributed by atoms with Crippen molar-refractivity contribution in [2.75, 3.05) is 58.9 Å². The summed E-state index contributed by atoms with van der Waals surface area (Å²) >= 11 is 5.81. The molecule has 1 fully saturated rings. The van der Waals surface area contributed by atoms with E-state index in [1.165, 1.54) is 0 Å². The molecule has 0 aliphatic carbocycles. The van der Waals surface area contributed by atoms with E-state index in [9.17, 15) is 0 Å². The quantitative estimate of drug-likeness (QED) is 0.644. The van der Waals surface area contributed by atoms with Gasteiger partial charge in [-0.05, 0) is 36.8 Å². The monoisotopic (exact) mass is 429 g/mol. The van der Waals surface area contributed by atoms with Crippen LogP contribution in [0.5, 0.6) is 11.5 Å². The summed E-state index contributed by atoms with van der Waals surface area (Å²) in [5.41, 5.74) is 3.11. The molecule has 1 heterocycles. The third-order valence-corrected chi connectivity index (χ3v) is 5.65. The lowest BCUT2D eigenvalue weighted by Gasteiger charge is -2.31. The first-order valence-corrected chi connectivity index (χ1v) is 10.6. The Hall–Kier alpha value is -2.35. The lowest BCUT2D eigenvalue weighted by molar-refractivity contribution is 0.0358. The first kappa shape index (κ1) is 22.3. The number of hydrogen-bond donors (Lipinski definition) is 1. The van der Waals surface area contributed by atoms with E-state index in [1.807, 2.05) is 43.3 Å². The predicted octanol–water partition coefficient (Wildman–Crippen LogP) is 3.54. The van der Waals surface area contributed by atoms with Crippen LogP contribution in [0.2, 0.25) is 0 Å². The van der Waals surface area contributed by atoms with Crippen LogP contribution in [-0.2, 0) is 11.3 Å². The minimum Gasteiger partial charge on any atom is -0.496 e. The number of benzene rings is 2. The van der Waals surface area contributed by atoms with Gasteiger partial charge in [0.05, 0.1) is 27.4 Å². The molecule has 1 saturated heterocycles. The van der Waals surface area contributed by atoms with Crippen LogP contribution in [0.4, 0.5) is 5.69 Å². The number of anilines is 1. The smallest absolute Gasteiger partial charge is 0.173 e. The summed E-state index contributed by atoms with van der Waals surface area (Å²) in [6.45, 7) is 7.93. The van der Waals surface area contributed by atoms with Crippen LogP contribution in [0.25, 0.3) is 0 Å². The zero-order valence-corrected chi connectivity index (χ0v) is 18.8. The predicted molar refractivity (Wildman–Crippen MR) is 125 cm³/mol. The lowest BCUT2D eigenvalue weighted by Crippen LogP contribution is -2.44. The largest absolute Gasteiger partial charge is 0.496 e. The number of aryl methyl sites for hydroxylation is 1. The topological polar surface area (TPSA) is 46.2 Å². The highest BCUT2D eigenvalue weighted by atomic mass is 32.1. The Balaban J connectivity index is 1.73. The fraction of sp³-hybridized carbons (Fsp3) is 0.435. The van der Waals surface area contributed by atoms with Crippen molar-refractivity contribution in [2.24, 2.45) is 0 Å². The second kappa shape index (κ2) is 11.2. The van der Waals surface area contributed by atoms with Crippen molar-refractivity contribution in [1.29, 1.82) is 0 Å². The molecule has 0 unspecified atom stereocenters. The average Bonchev–Trinajstić information content (AvgIpc) is 2.78. The Morgan fingerprint density at radius 3 is 2.57 bits per heavy atom. The first-order chi connectivity index (χ1) is 14.6. The Kier molecular flexibility index (Phi) is 8.30. The van der Waals surface area contributed by atoms with Gasteiger partial charge in [-0.15, -0.1) is 0 Å². The molecule has 162 valence electrons. The Morgan fingerprint density at radius 1 is 1.10 bits per heavy atom. The minimum atomic E-state index is 0.670. The standard InChI is InChI=1S/C23H31N3O3S/c1-18-8-9-20(16-22(18)28-3)24-23(30)26(11-10-25-12-14-29-15-13-25)17-19-6-4-5-7-21(19)27-2/h4-9,16H,10-15,17H2,1-3H3,(H,24,30). The molecule has 30 heavy (non-hydrogen) atoms. The van der Waals surface area contributed by atoms with Gasteiger partial charge < -0.3 is 24.4 Å². The molecule has 2 aromatic carbocycles. The molecule has 1 aliphatic rings. The van der Waals surface area contributed by atoms with E-state index in [2.05, 4.69) is 21.2 Å². The minimum absolute atomic E-state index is 0.670. The van der Waals surface area contributed by atoms with Crippen molar-refractivity contribution < 1.29 is 14.2 Å². The van der Waals surface area contributed by atoms with Crippen LogP contribution < -0.4 is 14.8 Å². The number of morpholine rings is 1. The molecule has 6 nitrogen and oxygen atoms in total. The summed E-state index contributed by atoms with van der Waals surface area (Å²) in [5, 5.41) is 4.06. The van der Waals surface area contributed by atoms with Crippen LogP contribution in [-0.4, -0.2) is 68.5 Å². The molecule has 0 amide bonds. The van der Waals surface area contributed by atoms with E-state index in [-0.39, 0.29) is 0 Å². The van der Waals surface area contributed by atoms with Crippen molar-refractivity contribution in [3.05, 3.63) is 53.6 Å². The molecule has 0 spiro atoms. The average molecular weight is 430 g/mol. The third-order valence-electron chi connectivity index (χ3n) is 5.29. The van der Waals surface area contributed by atoms with Gasteiger partial charge in [-0.3, -0.25) is 4.90 Å². The highest BCUT2D eigenvalue weighted by molar-refractivity contribution is 7.80. The van der Waals surface area contributed by atoms with Crippen molar-refractivity contribution in [3.8, 4) is 11.5 Å². The fourth-order valence-corrected chi connectivity index (χ4v) is 3.75. The van der Waals surface area contributed by atoms with E-state index in [0.717, 1.165) is 67.7 Å². The molecule has 0 bridgehead atoms. The Morgan fingerprint density at radius 2 is 1.83 bits per heavy atom. The lowest BCUT2D eigenvalue weighted by atomic mass is 10.2. The maximum Gasteiger partial charge on any atom is 0.173 e. The van der Waals surface area contributed by atoms with Gasteiger partial charge in [-0.2, -0.15) is 0 Å². The van der Waals surface area contributed by atoms with Crippen molar-refractivity contribution in [3.63, 3.8) is 0 Å². The van der Waals surface area contributed by atoms with Gasteiger partial charge in [0, 0.05) is 50.0 Å². The van der Waals surface area contributed by atoms with E-state index in [1.54, 1.807) is 14.2 Å². The van der Waals surface area contributed by atoms with Crippen molar-refractivity contribution >= 4 is 23.0 Å². The number of ether oxygens (including phenoxy) is 3. The number of nitrogens with one attached hydrogen (secondary N) is 1. The van der Waals surface area contributed by atoms with Crippen molar-refractivity contribution in [2.45, 2.75) is 13.5 Å². The molecule has 1 N–H and O–H groups in total. The van der Waals surface area contributed by atoms with Gasteiger partial charge in [0.15, 0.2) is 5.11 Å². The molecular weight excluding hydrogens is 398 g/mol. The number of hydrogen-bond acceptors (Lipinski definition) is 5. The summed E-state index contributed by atoms with van der Waals surface area (Å²) in [5.74, 6) is 1.71. The molecule has 1 aliphatic heterocycles. The normalized spacial score (nSPS) is 14.2. The molecular formula is C23H31N3O3S. The number of nitrogens with zero attached hydrogens (tertiary/aromatic N) is 2. The Labute approximate surface area is 184 Å². The molecule has 0 atom stereocenters. The second-order valence-electron chi connectivity index (χ2n) is 7.30. The zero-order valence-electron chi connectivity index (χ0n) is 18.0. The zero-order chi connectivity index (χ0) is 21.3. The van der Waals surface area contributed by atoms with Gasteiger partial charge in [-0.1, -0.05) is 24.3 Å². The third kappa shape index (κ3) is 6.08. The van der Waals surface area contributed by atoms with Crippen LogP contribution in [0, 0.1) is 6.92 Å². The highest BCUT2D eigenvalue weighted by Crippen LogP contribution is 2.23. The van der Waals surface area contributed by atoms with Crippen molar-refractivity contribution in [1.82, 2.24) is 9.80 Å². The van der Waals surface area contributed by atoms with E-state index in [4.69, 9.17) is 26.4 Å². The molecule has 7 heteroatoms. The maximum atomic E-state index is 5.81. The molecule has 0 aromatic heterocycles. The van der Waals surface area contributed by atoms with Gasteiger partial charge in [-0.25, -0.2) is 0 Å². The van der Waals surface area contributed by atoms with Gasteiger partial charge in [0.2, 0.25) is 0 Å². The number of thiocarbonyl (C=S) groups is 1. The van der Waals surface area contributed by atoms with E-state index >= 15 is 0 Å². The van der Waals surface area contributed by atoms with Crippen LogP contribution in [0.1, 0.15) is 11.1 Å². The maximum absolute atomic E-state index is 5.81. The first-order valence-electron chi connectivity index (χ1n) is 10.2. The van der Waals surface area contributed by atoms with E-state index in [0.29, 0.717) is 11.7 Å². The number of para-hydroxylation sites is 1. The van der Waals surface area contributed by atoms with Crippen LogP contribution in [0.3, 0.4) is 0 Å². The summed E-state index contributed by atoms with van der Waals surface area (Å²) in [6.07, 6.45) is 0. The number of rotatable bonds is 8.